The average molecular weight is 187 g/mol. The number of primary amides is 1. The van der Waals surface area contributed by atoms with Crippen molar-refractivity contribution in [2.24, 2.45) is 11.5 Å². The van der Waals surface area contributed by atoms with Crippen molar-refractivity contribution in [3.8, 4) is 0 Å². The molecule has 0 heterocycles. The number of guanidine groups is 1. The molecule has 0 aromatic rings. The van der Waals surface area contributed by atoms with Crippen molar-refractivity contribution in [3.05, 3.63) is 0 Å². The molecule has 0 radical (unpaired) electrons. The van der Waals surface area contributed by atoms with E-state index in [9.17, 15) is 4.79 Å². The lowest BCUT2D eigenvalue weighted by Crippen LogP contribution is -2.46. The molecule has 0 atom stereocenters. The SMILES string of the molecule is CCC[N+](CCC)=C(N)NC(N)=O. The molecule has 0 rings (SSSR count). The van der Waals surface area contributed by atoms with Crippen LogP contribution in [0.5, 0.6) is 0 Å². The lowest BCUT2D eigenvalue weighted by atomic mass is 10.4. The average Bonchev–Trinajstić information content (AvgIpc) is 2.02. The first-order chi connectivity index (χ1) is 6.11. The molecule has 0 fully saturated rings. The molecule has 2 amide bonds. The lowest BCUT2D eigenvalue weighted by Gasteiger charge is -2.07. The predicted octanol–water partition coefficient (Wildman–Crippen LogP) is -0.198. The lowest BCUT2D eigenvalue weighted by molar-refractivity contribution is -0.530. The number of carbonyl (C=O) groups is 1. The molecule has 0 aromatic carbocycles. The van der Waals surface area contributed by atoms with Gasteiger partial charge in [-0.25, -0.2) is 4.79 Å². The van der Waals surface area contributed by atoms with Crippen LogP contribution in [0.4, 0.5) is 4.79 Å². The third-order valence-electron chi connectivity index (χ3n) is 1.58. The van der Waals surface area contributed by atoms with Crippen LogP contribution in [-0.2, 0) is 0 Å². The van der Waals surface area contributed by atoms with Crippen molar-refractivity contribution in [2.45, 2.75) is 26.7 Å². The maximum absolute atomic E-state index is 10.5. The highest BCUT2D eigenvalue weighted by Gasteiger charge is 2.08. The molecule has 0 saturated carbocycles. The van der Waals surface area contributed by atoms with E-state index in [2.05, 4.69) is 19.2 Å². The number of hydrogen-bond acceptors (Lipinski definition) is 1. The van der Waals surface area contributed by atoms with Crippen LogP contribution in [0.2, 0.25) is 0 Å². The molecule has 0 aliphatic carbocycles. The van der Waals surface area contributed by atoms with Gasteiger partial charge in [-0.15, -0.1) is 0 Å². The molecular weight excluding hydrogens is 168 g/mol. The van der Waals surface area contributed by atoms with Gasteiger partial charge in [0.2, 0.25) is 0 Å². The number of rotatable bonds is 4. The van der Waals surface area contributed by atoms with Crippen LogP contribution in [0.3, 0.4) is 0 Å². The normalized spacial score (nSPS) is 9.38. The molecule has 0 aromatic heterocycles. The number of nitrogens with two attached hydrogens (primary N) is 2. The zero-order valence-electron chi connectivity index (χ0n) is 8.34. The zero-order chi connectivity index (χ0) is 10.3. The van der Waals surface area contributed by atoms with E-state index in [1.165, 1.54) is 0 Å². The molecule has 0 aliphatic rings. The Morgan fingerprint density at radius 3 is 2.00 bits per heavy atom. The summed E-state index contributed by atoms with van der Waals surface area (Å²) in [5.74, 6) is 0.344. The van der Waals surface area contributed by atoms with Crippen LogP contribution in [0.1, 0.15) is 26.7 Å². The Kier molecular flexibility index (Phi) is 5.67. The molecule has 0 saturated heterocycles. The van der Waals surface area contributed by atoms with E-state index in [1.807, 2.05) is 4.58 Å². The number of carbonyl (C=O) groups excluding carboxylic acids is 1. The second-order valence-electron chi connectivity index (χ2n) is 2.86. The zero-order valence-corrected chi connectivity index (χ0v) is 8.34. The second-order valence-corrected chi connectivity index (χ2v) is 2.86. The van der Waals surface area contributed by atoms with E-state index in [1.54, 1.807) is 0 Å². The fourth-order valence-corrected chi connectivity index (χ4v) is 1.10. The summed E-state index contributed by atoms with van der Waals surface area (Å²) >= 11 is 0. The summed E-state index contributed by atoms with van der Waals surface area (Å²) in [5, 5.41) is 2.37. The van der Waals surface area contributed by atoms with E-state index in [0.717, 1.165) is 25.9 Å². The van der Waals surface area contributed by atoms with E-state index in [4.69, 9.17) is 11.5 Å². The van der Waals surface area contributed by atoms with Gasteiger partial charge in [-0.05, 0) is 12.8 Å². The van der Waals surface area contributed by atoms with Gasteiger partial charge in [-0.2, -0.15) is 5.32 Å². The summed E-state index contributed by atoms with van der Waals surface area (Å²) in [6, 6.07) is -0.616. The van der Waals surface area contributed by atoms with Crippen LogP contribution < -0.4 is 16.8 Å². The van der Waals surface area contributed by atoms with E-state index >= 15 is 0 Å². The number of hydrogen-bond donors (Lipinski definition) is 3. The quantitative estimate of drug-likeness (QED) is 0.323. The van der Waals surface area contributed by atoms with Crippen LogP contribution in [0, 0.1) is 0 Å². The number of urea groups is 1. The molecule has 0 unspecified atom stereocenters. The minimum Gasteiger partial charge on any atom is -0.338 e. The van der Waals surface area contributed by atoms with Gasteiger partial charge in [0, 0.05) is 0 Å². The molecule has 0 bridgehead atoms. The Bertz CT molecular complexity index is 192. The molecule has 76 valence electrons. The summed E-state index contributed by atoms with van der Waals surface area (Å²) in [4.78, 5) is 10.5. The summed E-state index contributed by atoms with van der Waals surface area (Å²) in [7, 11) is 0. The largest absolute Gasteiger partial charge is 0.377 e. The van der Waals surface area contributed by atoms with Crippen molar-refractivity contribution in [2.75, 3.05) is 13.1 Å². The van der Waals surface area contributed by atoms with Crippen molar-refractivity contribution in [1.29, 1.82) is 0 Å². The van der Waals surface area contributed by atoms with E-state index in [-0.39, 0.29) is 0 Å². The van der Waals surface area contributed by atoms with E-state index < -0.39 is 6.03 Å². The third-order valence-corrected chi connectivity index (χ3v) is 1.58. The van der Waals surface area contributed by atoms with Gasteiger partial charge < -0.3 is 5.73 Å². The van der Waals surface area contributed by atoms with Crippen LogP contribution >= 0.6 is 0 Å². The van der Waals surface area contributed by atoms with Gasteiger partial charge in [0.05, 0.1) is 13.1 Å². The van der Waals surface area contributed by atoms with Gasteiger partial charge >= 0.3 is 12.0 Å². The van der Waals surface area contributed by atoms with Crippen LogP contribution in [0.15, 0.2) is 0 Å². The van der Waals surface area contributed by atoms with Crippen LogP contribution in [0.25, 0.3) is 0 Å². The van der Waals surface area contributed by atoms with Crippen LogP contribution in [-0.4, -0.2) is 29.7 Å². The Labute approximate surface area is 78.8 Å². The van der Waals surface area contributed by atoms with Crippen molar-refractivity contribution in [3.63, 3.8) is 0 Å². The second kappa shape index (κ2) is 6.28. The fraction of sp³-hybridized carbons (Fsp3) is 0.750. The molecule has 5 heteroatoms. The molecule has 5 N–H and O–H groups in total. The standard InChI is InChI=1S/C8H18N4O/c1-3-5-12(6-4-2)7(9)11-8(10)13/h3-6H2,1-2H3,(H4,9,10,11,13)/p+1. The first kappa shape index (κ1) is 11.7. The minimum atomic E-state index is -0.616. The molecule has 13 heavy (non-hydrogen) atoms. The third kappa shape index (κ3) is 5.05. The Morgan fingerprint density at radius 1 is 1.23 bits per heavy atom. The Balaban J connectivity index is 4.33. The number of nitrogens with one attached hydrogen (secondary N) is 1. The van der Waals surface area contributed by atoms with Crippen molar-refractivity contribution in [1.82, 2.24) is 5.32 Å². The number of amides is 2. The molecule has 5 nitrogen and oxygen atoms in total. The predicted molar refractivity (Wildman–Crippen MR) is 52.5 cm³/mol. The maximum Gasteiger partial charge on any atom is 0.377 e. The topological polar surface area (TPSA) is 84.2 Å². The van der Waals surface area contributed by atoms with Crippen molar-refractivity contribution >= 4 is 12.0 Å². The summed E-state index contributed by atoms with van der Waals surface area (Å²) < 4.78 is 1.91. The fourth-order valence-electron chi connectivity index (χ4n) is 1.10. The molecule has 0 spiro atoms. The monoisotopic (exact) mass is 187 g/mol. The molecular formula is C8H19N4O+. The highest BCUT2D eigenvalue weighted by atomic mass is 16.2. The molecule has 0 aliphatic heterocycles. The summed E-state index contributed by atoms with van der Waals surface area (Å²) in [5.41, 5.74) is 10.6. The number of nitrogens with zero attached hydrogens (tertiary/aromatic N) is 1. The first-order valence-electron chi connectivity index (χ1n) is 4.55. The Morgan fingerprint density at radius 2 is 1.69 bits per heavy atom. The van der Waals surface area contributed by atoms with Gasteiger partial charge in [0.25, 0.3) is 0 Å². The smallest absolute Gasteiger partial charge is 0.338 e. The van der Waals surface area contributed by atoms with Gasteiger partial charge in [-0.1, -0.05) is 13.8 Å². The highest BCUT2D eigenvalue weighted by Crippen LogP contribution is 1.84. The van der Waals surface area contributed by atoms with Gasteiger partial charge in [0.1, 0.15) is 0 Å². The van der Waals surface area contributed by atoms with Gasteiger partial charge in [0.15, 0.2) is 0 Å². The summed E-state index contributed by atoms with van der Waals surface area (Å²) in [6.45, 7) is 5.78. The maximum atomic E-state index is 10.5. The van der Waals surface area contributed by atoms with E-state index in [0.29, 0.717) is 5.96 Å². The van der Waals surface area contributed by atoms with Crippen molar-refractivity contribution < 1.29 is 9.37 Å². The Hall–Kier alpha value is -1.26. The summed E-state index contributed by atoms with van der Waals surface area (Å²) in [6.07, 6.45) is 1.97. The highest BCUT2D eigenvalue weighted by molar-refractivity contribution is 5.91. The first-order valence-corrected chi connectivity index (χ1v) is 4.55. The van der Waals surface area contributed by atoms with Gasteiger partial charge in [-0.3, -0.25) is 10.3 Å². The minimum absolute atomic E-state index is 0.344.